The Balaban J connectivity index is 1.94. The van der Waals surface area contributed by atoms with Crippen molar-refractivity contribution >= 4 is 16.9 Å². The van der Waals surface area contributed by atoms with Crippen LogP contribution in [-0.2, 0) is 5.75 Å². The number of nitrogens with zero attached hydrogens (tertiary/aromatic N) is 2. The molecule has 82 valence electrons. The topological polar surface area (TPSA) is 56.0 Å². The van der Waals surface area contributed by atoms with Gasteiger partial charge in [-0.15, -0.1) is 10.2 Å². The molecule has 1 heterocycles. The van der Waals surface area contributed by atoms with E-state index < -0.39 is 0 Å². The fourth-order valence-corrected chi connectivity index (χ4v) is 1.85. The molecule has 0 fully saturated rings. The van der Waals surface area contributed by atoms with Gasteiger partial charge in [-0.25, -0.2) is 0 Å². The lowest BCUT2D eigenvalue weighted by molar-refractivity contribution is 0.108. The van der Waals surface area contributed by atoms with Crippen molar-refractivity contribution in [2.75, 3.05) is 0 Å². The summed E-state index contributed by atoms with van der Waals surface area (Å²) < 4.78 is 5.17. The summed E-state index contributed by atoms with van der Waals surface area (Å²) in [6.07, 6.45) is 0. The van der Waals surface area contributed by atoms with E-state index in [-0.39, 0.29) is 5.12 Å². The second kappa shape index (κ2) is 4.94. The fourth-order valence-electron chi connectivity index (χ4n) is 1.18. The van der Waals surface area contributed by atoms with Gasteiger partial charge in [-0.05, 0) is 0 Å². The van der Waals surface area contributed by atoms with Gasteiger partial charge >= 0.3 is 0 Å². The summed E-state index contributed by atoms with van der Waals surface area (Å²) in [5.74, 6) is 1.41. The molecule has 16 heavy (non-hydrogen) atoms. The lowest BCUT2D eigenvalue weighted by Gasteiger charge is -1.97. The molecule has 0 radical (unpaired) electrons. The predicted octanol–water partition coefficient (Wildman–Crippen LogP) is 2.45. The Kier molecular flexibility index (Phi) is 3.36. The van der Waals surface area contributed by atoms with Gasteiger partial charge in [0, 0.05) is 12.5 Å². The van der Waals surface area contributed by atoms with E-state index in [1.54, 1.807) is 19.1 Å². The third-order valence-electron chi connectivity index (χ3n) is 1.90. The standard InChI is InChI=1S/C11H10N2O2S/c1-8-12-13-10(15-8)7-16-11(14)9-5-3-2-4-6-9/h2-6H,7H2,1H3. The summed E-state index contributed by atoms with van der Waals surface area (Å²) in [4.78, 5) is 11.7. The Morgan fingerprint density at radius 1 is 1.31 bits per heavy atom. The van der Waals surface area contributed by atoms with E-state index in [1.165, 1.54) is 0 Å². The number of hydrogen-bond donors (Lipinski definition) is 0. The van der Waals surface area contributed by atoms with Crippen LogP contribution in [0.1, 0.15) is 22.1 Å². The fraction of sp³-hybridized carbons (Fsp3) is 0.182. The maximum absolute atomic E-state index is 11.7. The van der Waals surface area contributed by atoms with Crippen molar-refractivity contribution in [2.45, 2.75) is 12.7 Å². The van der Waals surface area contributed by atoms with Gasteiger partial charge in [-0.2, -0.15) is 0 Å². The van der Waals surface area contributed by atoms with E-state index in [1.807, 2.05) is 18.2 Å². The van der Waals surface area contributed by atoms with Gasteiger partial charge in [0.05, 0.1) is 5.75 Å². The summed E-state index contributed by atoms with van der Waals surface area (Å²) in [5.41, 5.74) is 0.684. The minimum atomic E-state index is 0.0106. The summed E-state index contributed by atoms with van der Waals surface area (Å²) >= 11 is 1.16. The smallest absolute Gasteiger partial charge is 0.226 e. The summed E-state index contributed by atoms with van der Waals surface area (Å²) in [6, 6.07) is 9.13. The van der Waals surface area contributed by atoms with Crippen LogP contribution >= 0.6 is 11.8 Å². The molecule has 0 unspecified atom stereocenters. The summed E-state index contributed by atoms with van der Waals surface area (Å²) in [6.45, 7) is 1.72. The summed E-state index contributed by atoms with van der Waals surface area (Å²) in [7, 11) is 0. The van der Waals surface area contributed by atoms with Crippen LogP contribution in [0.5, 0.6) is 0 Å². The molecular weight excluding hydrogens is 224 g/mol. The maximum Gasteiger partial charge on any atom is 0.226 e. The molecule has 2 rings (SSSR count). The van der Waals surface area contributed by atoms with E-state index in [2.05, 4.69) is 10.2 Å². The van der Waals surface area contributed by atoms with Crippen LogP contribution in [0.3, 0.4) is 0 Å². The van der Waals surface area contributed by atoms with Crippen LogP contribution < -0.4 is 0 Å². The van der Waals surface area contributed by atoms with E-state index in [0.717, 1.165) is 11.8 Å². The van der Waals surface area contributed by atoms with Crippen LogP contribution in [0, 0.1) is 6.92 Å². The van der Waals surface area contributed by atoms with Crippen molar-refractivity contribution in [2.24, 2.45) is 0 Å². The molecular formula is C11H10N2O2S. The number of thioether (sulfide) groups is 1. The van der Waals surface area contributed by atoms with Gasteiger partial charge in [-0.1, -0.05) is 42.1 Å². The SMILES string of the molecule is Cc1nnc(CSC(=O)c2ccccc2)o1. The Labute approximate surface area is 97.1 Å². The number of aryl methyl sites for hydroxylation is 1. The highest BCUT2D eigenvalue weighted by Crippen LogP contribution is 2.16. The molecule has 0 spiro atoms. The van der Waals surface area contributed by atoms with E-state index in [4.69, 9.17) is 4.42 Å². The number of carbonyl (C=O) groups excluding carboxylic acids is 1. The van der Waals surface area contributed by atoms with Gasteiger partial charge in [0.15, 0.2) is 0 Å². The van der Waals surface area contributed by atoms with Crippen LogP contribution in [0.2, 0.25) is 0 Å². The van der Waals surface area contributed by atoms with Gasteiger partial charge in [0.1, 0.15) is 0 Å². The third kappa shape index (κ3) is 2.70. The highest BCUT2D eigenvalue weighted by molar-refractivity contribution is 8.13. The van der Waals surface area contributed by atoms with Gasteiger partial charge in [-0.3, -0.25) is 4.79 Å². The number of rotatable bonds is 3. The lowest BCUT2D eigenvalue weighted by atomic mass is 10.2. The van der Waals surface area contributed by atoms with Crippen LogP contribution in [0.25, 0.3) is 0 Å². The molecule has 0 aliphatic heterocycles. The van der Waals surface area contributed by atoms with E-state index in [0.29, 0.717) is 23.1 Å². The third-order valence-corrected chi connectivity index (χ3v) is 2.79. The molecule has 0 bridgehead atoms. The minimum absolute atomic E-state index is 0.0106. The first-order chi connectivity index (χ1) is 7.75. The zero-order valence-electron chi connectivity index (χ0n) is 8.71. The second-order valence-corrected chi connectivity index (χ2v) is 4.11. The molecule has 1 aromatic heterocycles. The number of carbonyl (C=O) groups is 1. The summed E-state index contributed by atoms with van der Waals surface area (Å²) in [5, 5.41) is 7.53. The maximum atomic E-state index is 11.7. The Bertz CT molecular complexity index is 482. The molecule has 0 atom stereocenters. The minimum Gasteiger partial charge on any atom is -0.425 e. The highest BCUT2D eigenvalue weighted by Gasteiger charge is 2.09. The average molecular weight is 234 g/mol. The molecule has 0 amide bonds. The zero-order valence-corrected chi connectivity index (χ0v) is 9.53. The van der Waals surface area contributed by atoms with Crippen LogP contribution in [0.15, 0.2) is 34.7 Å². The van der Waals surface area contributed by atoms with Crippen LogP contribution in [-0.4, -0.2) is 15.3 Å². The largest absolute Gasteiger partial charge is 0.425 e. The highest BCUT2D eigenvalue weighted by atomic mass is 32.2. The average Bonchev–Trinajstić information content (AvgIpc) is 2.73. The quantitative estimate of drug-likeness (QED) is 0.816. The molecule has 0 N–H and O–H groups in total. The molecule has 5 heteroatoms. The molecule has 0 aliphatic rings. The molecule has 0 saturated carbocycles. The lowest BCUT2D eigenvalue weighted by Crippen LogP contribution is -1.93. The van der Waals surface area contributed by atoms with Gasteiger partial charge in [0.25, 0.3) is 0 Å². The van der Waals surface area contributed by atoms with E-state index in [9.17, 15) is 4.79 Å². The van der Waals surface area contributed by atoms with Crippen molar-refractivity contribution in [3.63, 3.8) is 0 Å². The molecule has 0 saturated heterocycles. The molecule has 0 aliphatic carbocycles. The van der Waals surface area contributed by atoms with E-state index >= 15 is 0 Å². The molecule has 2 aromatic rings. The Hall–Kier alpha value is -1.62. The molecule has 1 aromatic carbocycles. The van der Waals surface area contributed by atoms with Crippen molar-refractivity contribution in [3.8, 4) is 0 Å². The van der Waals surface area contributed by atoms with Crippen molar-refractivity contribution in [1.29, 1.82) is 0 Å². The van der Waals surface area contributed by atoms with Gasteiger partial charge < -0.3 is 4.42 Å². The van der Waals surface area contributed by atoms with Crippen molar-refractivity contribution in [1.82, 2.24) is 10.2 Å². The van der Waals surface area contributed by atoms with Crippen molar-refractivity contribution < 1.29 is 9.21 Å². The van der Waals surface area contributed by atoms with Gasteiger partial charge in [0.2, 0.25) is 16.9 Å². The second-order valence-electron chi connectivity index (χ2n) is 3.16. The first kappa shape index (κ1) is 10.9. The number of benzene rings is 1. The monoisotopic (exact) mass is 234 g/mol. The van der Waals surface area contributed by atoms with Crippen molar-refractivity contribution in [3.05, 3.63) is 47.7 Å². The first-order valence-corrected chi connectivity index (χ1v) is 5.75. The Morgan fingerprint density at radius 3 is 2.69 bits per heavy atom. The van der Waals surface area contributed by atoms with Crippen LogP contribution in [0.4, 0.5) is 0 Å². The predicted molar refractivity (Wildman–Crippen MR) is 61.1 cm³/mol. The first-order valence-electron chi connectivity index (χ1n) is 4.77. The number of aromatic nitrogens is 2. The molecule has 4 nitrogen and oxygen atoms in total. The number of hydrogen-bond acceptors (Lipinski definition) is 5. The zero-order chi connectivity index (χ0) is 11.4. The Morgan fingerprint density at radius 2 is 2.06 bits per heavy atom. The normalized spacial score (nSPS) is 10.3.